The zero-order chi connectivity index (χ0) is 24.9. The second kappa shape index (κ2) is 8.55. The fourth-order valence-electron chi connectivity index (χ4n) is 5.39. The zero-order valence-electron chi connectivity index (χ0n) is 18.5. The normalized spacial score (nSPS) is 22.9. The van der Waals surface area contributed by atoms with Gasteiger partial charge in [0.2, 0.25) is 11.8 Å². The molecule has 35 heavy (non-hydrogen) atoms. The first-order valence-electron chi connectivity index (χ1n) is 10.9. The molecular weight excluding hydrogens is 478 g/mol. The first-order valence-corrected chi connectivity index (χ1v) is 11.2. The van der Waals surface area contributed by atoms with Gasteiger partial charge < -0.3 is 10.1 Å². The van der Waals surface area contributed by atoms with Crippen molar-refractivity contribution in [3.63, 3.8) is 0 Å². The molecule has 3 aromatic carbocycles. The van der Waals surface area contributed by atoms with Crippen molar-refractivity contribution in [3.8, 4) is 0 Å². The van der Waals surface area contributed by atoms with Crippen molar-refractivity contribution in [2.45, 2.75) is 11.6 Å². The van der Waals surface area contributed by atoms with Crippen LogP contribution in [-0.2, 0) is 24.7 Å². The van der Waals surface area contributed by atoms with Crippen LogP contribution in [0.15, 0.2) is 72.8 Å². The summed E-state index contributed by atoms with van der Waals surface area (Å²) in [4.78, 5) is 41.6. The van der Waals surface area contributed by atoms with Crippen LogP contribution < -0.4 is 10.2 Å². The SMILES string of the molecule is COC(=O)[C@H]1[NH2+]C(c2ccc(F)cc2)(c2ccc(F)cc2)[C@@H]2C(=O)N(c3ccc(Cl)cc3)C(=O)[C@@H]12. The highest BCUT2D eigenvalue weighted by Gasteiger charge is 2.72. The Morgan fingerprint density at radius 3 is 1.89 bits per heavy atom. The van der Waals surface area contributed by atoms with Crippen LogP contribution in [0, 0.1) is 23.5 Å². The van der Waals surface area contributed by atoms with Crippen molar-refractivity contribution in [1.29, 1.82) is 0 Å². The van der Waals surface area contributed by atoms with E-state index in [0.717, 1.165) is 4.90 Å². The Hall–Kier alpha value is -3.62. The molecule has 3 atom stereocenters. The predicted molar refractivity (Wildman–Crippen MR) is 122 cm³/mol. The minimum atomic E-state index is -1.32. The Labute approximate surface area is 204 Å². The predicted octanol–water partition coefficient (Wildman–Crippen LogP) is 2.79. The van der Waals surface area contributed by atoms with Gasteiger partial charge in [0.1, 0.15) is 23.5 Å². The van der Waals surface area contributed by atoms with Gasteiger partial charge in [-0.3, -0.25) is 9.59 Å². The zero-order valence-corrected chi connectivity index (χ0v) is 19.2. The molecule has 0 spiro atoms. The molecule has 2 saturated heterocycles. The molecule has 2 aliphatic rings. The van der Waals surface area contributed by atoms with Gasteiger partial charge in [0.05, 0.1) is 12.8 Å². The lowest BCUT2D eigenvalue weighted by molar-refractivity contribution is -0.729. The minimum Gasteiger partial charge on any atom is -0.465 e. The smallest absolute Gasteiger partial charge is 0.365 e. The molecule has 6 nitrogen and oxygen atoms in total. The van der Waals surface area contributed by atoms with E-state index < -0.39 is 52.8 Å². The lowest BCUT2D eigenvalue weighted by atomic mass is 9.71. The van der Waals surface area contributed by atoms with Crippen LogP contribution >= 0.6 is 11.6 Å². The number of hydrogen-bond donors (Lipinski definition) is 1. The van der Waals surface area contributed by atoms with Crippen molar-refractivity contribution in [1.82, 2.24) is 0 Å². The molecule has 2 heterocycles. The largest absolute Gasteiger partial charge is 0.465 e. The quantitative estimate of drug-likeness (QED) is 0.444. The number of fused-ring (bicyclic) bond motifs is 1. The number of carbonyl (C=O) groups is 3. The molecule has 2 aliphatic heterocycles. The van der Waals surface area contributed by atoms with Crippen LogP contribution in [0.2, 0.25) is 5.02 Å². The number of imide groups is 1. The fourth-order valence-corrected chi connectivity index (χ4v) is 5.51. The molecule has 0 bridgehead atoms. The third-order valence-electron chi connectivity index (χ3n) is 6.87. The molecular formula is C26H20ClF2N2O4+. The topological polar surface area (TPSA) is 80.3 Å². The van der Waals surface area contributed by atoms with Gasteiger partial charge in [0.15, 0.2) is 11.6 Å². The summed E-state index contributed by atoms with van der Waals surface area (Å²) < 4.78 is 32.7. The lowest BCUT2D eigenvalue weighted by Gasteiger charge is -2.32. The maximum absolute atomic E-state index is 14.0. The van der Waals surface area contributed by atoms with Gasteiger partial charge in [0, 0.05) is 16.1 Å². The van der Waals surface area contributed by atoms with Crippen molar-refractivity contribution in [2.24, 2.45) is 11.8 Å². The minimum absolute atomic E-state index is 0.314. The number of nitrogens with zero attached hydrogens (tertiary/aromatic N) is 1. The molecule has 0 saturated carbocycles. The maximum Gasteiger partial charge on any atom is 0.365 e. The molecule has 2 amide bonds. The highest BCUT2D eigenvalue weighted by atomic mass is 35.5. The van der Waals surface area contributed by atoms with Crippen LogP contribution in [0.1, 0.15) is 11.1 Å². The van der Waals surface area contributed by atoms with Gasteiger partial charge in [-0.25, -0.2) is 18.5 Å². The number of ether oxygens (including phenoxy) is 1. The number of halogens is 3. The third-order valence-corrected chi connectivity index (χ3v) is 7.12. The van der Waals surface area contributed by atoms with Gasteiger partial charge in [-0.2, -0.15) is 0 Å². The average Bonchev–Trinajstić information content (AvgIpc) is 3.35. The van der Waals surface area contributed by atoms with E-state index in [1.165, 1.54) is 55.6 Å². The summed E-state index contributed by atoms with van der Waals surface area (Å²) in [6, 6.07) is 16.2. The van der Waals surface area contributed by atoms with E-state index >= 15 is 0 Å². The Kier molecular flexibility index (Phi) is 5.65. The first-order chi connectivity index (χ1) is 16.8. The number of benzene rings is 3. The highest BCUT2D eigenvalue weighted by molar-refractivity contribution is 6.31. The first kappa shape index (κ1) is 23.1. The Morgan fingerprint density at radius 2 is 1.40 bits per heavy atom. The second-order valence-corrected chi connectivity index (χ2v) is 9.03. The van der Waals surface area contributed by atoms with E-state index in [2.05, 4.69) is 0 Å². The number of methoxy groups -OCH3 is 1. The Morgan fingerprint density at radius 1 is 0.886 bits per heavy atom. The maximum atomic E-state index is 14.0. The monoisotopic (exact) mass is 497 g/mol. The highest BCUT2D eigenvalue weighted by Crippen LogP contribution is 2.48. The summed E-state index contributed by atoms with van der Waals surface area (Å²) in [5, 5.41) is 2.05. The summed E-state index contributed by atoms with van der Waals surface area (Å²) in [6.07, 6.45) is 0. The van der Waals surface area contributed by atoms with Gasteiger partial charge in [-0.05, 0) is 72.8 Å². The van der Waals surface area contributed by atoms with Crippen LogP contribution in [0.3, 0.4) is 0 Å². The van der Waals surface area contributed by atoms with Gasteiger partial charge in [0.25, 0.3) is 0 Å². The second-order valence-electron chi connectivity index (χ2n) is 8.59. The molecule has 0 aliphatic carbocycles. The van der Waals surface area contributed by atoms with Gasteiger partial charge in [-0.15, -0.1) is 0 Å². The molecule has 0 aromatic heterocycles. The fraction of sp³-hybridized carbons (Fsp3) is 0.192. The number of nitrogens with two attached hydrogens (primary N) is 1. The molecule has 0 radical (unpaired) electrons. The van der Waals surface area contributed by atoms with E-state index in [9.17, 15) is 23.2 Å². The number of anilines is 1. The lowest BCUT2D eigenvalue weighted by Crippen LogP contribution is -2.99. The average molecular weight is 498 g/mol. The van der Waals surface area contributed by atoms with E-state index in [-0.39, 0.29) is 0 Å². The van der Waals surface area contributed by atoms with Crippen molar-refractivity contribution in [2.75, 3.05) is 12.0 Å². The number of hydrogen-bond acceptors (Lipinski definition) is 4. The number of amides is 2. The van der Waals surface area contributed by atoms with Gasteiger partial charge >= 0.3 is 5.97 Å². The summed E-state index contributed by atoms with van der Waals surface area (Å²) in [5.74, 6) is -4.85. The van der Waals surface area contributed by atoms with E-state index in [1.807, 2.05) is 0 Å². The van der Waals surface area contributed by atoms with Crippen LogP contribution in [0.4, 0.5) is 14.5 Å². The van der Waals surface area contributed by atoms with Gasteiger partial charge in [-0.1, -0.05) is 11.6 Å². The molecule has 2 fully saturated rings. The Balaban J connectivity index is 1.75. The van der Waals surface area contributed by atoms with Crippen LogP contribution in [0.25, 0.3) is 0 Å². The summed E-state index contributed by atoms with van der Waals surface area (Å²) in [7, 11) is 1.21. The molecule has 3 aromatic rings. The number of esters is 1. The summed E-state index contributed by atoms with van der Waals surface area (Å²) in [6.45, 7) is 0. The van der Waals surface area contributed by atoms with E-state index in [0.29, 0.717) is 21.8 Å². The standard InChI is InChI=1S/C26H19ClF2N2O4/c1-35-25(34)22-20-21(24(33)31(23(20)32)19-12-6-16(27)7-13-19)26(30-22,14-2-8-17(28)9-3-14)15-4-10-18(29)11-5-15/h2-13,20-22,30H,1H3/p+1/t20-,21+,22+/m1/s1. The van der Waals surface area contributed by atoms with Crippen LogP contribution in [-0.4, -0.2) is 30.9 Å². The molecule has 2 N–H and O–H groups in total. The van der Waals surface area contributed by atoms with Crippen LogP contribution in [0.5, 0.6) is 0 Å². The number of rotatable bonds is 4. The molecule has 178 valence electrons. The third kappa shape index (κ3) is 3.52. The number of quaternary nitrogens is 1. The van der Waals surface area contributed by atoms with E-state index in [1.54, 1.807) is 29.6 Å². The number of carbonyl (C=O) groups excluding carboxylic acids is 3. The summed E-state index contributed by atoms with van der Waals surface area (Å²) in [5.41, 5.74) is -0.0228. The van der Waals surface area contributed by atoms with Crippen molar-refractivity contribution in [3.05, 3.63) is 101 Å². The Bertz CT molecular complexity index is 1270. The van der Waals surface area contributed by atoms with Crippen molar-refractivity contribution < 1.29 is 33.2 Å². The molecule has 5 rings (SSSR count). The molecule has 9 heteroatoms. The van der Waals surface area contributed by atoms with Crippen molar-refractivity contribution >= 4 is 35.1 Å². The molecule has 0 unspecified atom stereocenters. The van der Waals surface area contributed by atoms with E-state index in [4.69, 9.17) is 16.3 Å². The summed E-state index contributed by atoms with van der Waals surface area (Å²) >= 11 is 5.99.